The summed E-state index contributed by atoms with van der Waals surface area (Å²) in [6.45, 7) is 7.89. The fourth-order valence-electron chi connectivity index (χ4n) is 3.48. The van der Waals surface area contributed by atoms with E-state index in [9.17, 15) is 4.79 Å². The second-order valence-corrected chi connectivity index (χ2v) is 7.58. The molecule has 0 spiro atoms. The summed E-state index contributed by atoms with van der Waals surface area (Å²) in [7, 11) is 1.85. The molecule has 2 aromatic rings. The number of anilines is 1. The van der Waals surface area contributed by atoms with Crippen molar-refractivity contribution < 1.29 is 4.79 Å². The Kier molecular flexibility index (Phi) is 7.82. The summed E-state index contributed by atoms with van der Waals surface area (Å²) in [6, 6.07) is 14.3. The van der Waals surface area contributed by atoms with Crippen molar-refractivity contribution in [3.63, 3.8) is 0 Å². The predicted octanol–water partition coefficient (Wildman–Crippen LogP) is 3.79. The number of nitrogens with zero attached hydrogens (tertiary/aromatic N) is 4. The summed E-state index contributed by atoms with van der Waals surface area (Å²) in [5.41, 5.74) is 2.86. The molecule has 1 amide bonds. The molecule has 1 aromatic carbocycles. The molecule has 3 rings (SSSR count). The zero-order chi connectivity index (χ0) is 20.5. The van der Waals surface area contributed by atoms with E-state index in [1.165, 1.54) is 5.56 Å². The second kappa shape index (κ2) is 10.8. The Labute approximate surface area is 174 Å². The molecule has 2 heterocycles. The number of rotatable bonds is 8. The number of hydrogen-bond acceptors (Lipinski definition) is 4. The van der Waals surface area contributed by atoms with Gasteiger partial charge in [0, 0.05) is 46.3 Å². The maximum absolute atomic E-state index is 12.4. The number of piperazine rings is 1. The zero-order valence-electron chi connectivity index (χ0n) is 17.6. The van der Waals surface area contributed by atoms with E-state index < -0.39 is 0 Å². The van der Waals surface area contributed by atoms with Crippen molar-refractivity contribution in [1.29, 1.82) is 0 Å². The first-order chi connectivity index (χ1) is 14.2. The van der Waals surface area contributed by atoms with Crippen molar-refractivity contribution in [3.8, 4) is 0 Å². The van der Waals surface area contributed by atoms with Gasteiger partial charge in [0.25, 0.3) is 5.91 Å². The molecule has 29 heavy (non-hydrogen) atoms. The molecule has 5 heteroatoms. The third-order valence-corrected chi connectivity index (χ3v) is 5.37. The fraction of sp³-hybridized carbons (Fsp3) is 0.417. The van der Waals surface area contributed by atoms with Gasteiger partial charge in [-0.2, -0.15) is 0 Å². The topological polar surface area (TPSA) is 39.7 Å². The van der Waals surface area contributed by atoms with E-state index in [2.05, 4.69) is 58.1 Å². The van der Waals surface area contributed by atoms with Gasteiger partial charge >= 0.3 is 0 Å². The second-order valence-electron chi connectivity index (χ2n) is 7.58. The maximum atomic E-state index is 12.4. The number of amides is 1. The maximum Gasteiger partial charge on any atom is 0.272 e. The average molecular weight is 393 g/mol. The Balaban J connectivity index is 1.47. The minimum absolute atomic E-state index is 0.0000209. The quantitative estimate of drug-likeness (QED) is 0.685. The SMILES string of the molecule is CCCCN(C)C(=O)c1ccc(N2CCN(C/C=C/c3ccccc3)CC2)cn1. The standard InChI is InChI=1S/C24H32N4O/c1-3-4-14-26(2)24(29)23-13-12-22(20-25-23)28-18-16-27(17-19-28)15-8-11-21-9-6-5-7-10-21/h5-13,20H,3-4,14-19H2,1-2H3/b11-8+. The molecule has 1 saturated heterocycles. The molecule has 1 aliphatic rings. The Bertz CT molecular complexity index is 780. The van der Waals surface area contributed by atoms with Crippen molar-refractivity contribution in [2.75, 3.05) is 51.2 Å². The first-order valence-corrected chi connectivity index (χ1v) is 10.6. The van der Waals surface area contributed by atoms with E-state index in [0.29, 0.717) is 5.69 Å². The lowest BCUT2D eigenvalue weighted by Gasteiger charge is -2.35. The van der Waals surface area contributed by atoms with Crippen LogP contribution in [0.5, 0.6) is 0 Å². The average Bonchev–Trinajstić information content (AvgIpc) is 2.78. The van der Waals surface area contributed by atoms with Crippen LogP contribution in [0.1, 0.15) is 35.8 Å². The van der Waals surface area contributed by atoms with Crippen LogP contribution in [0.15, 0.2) is 54.7 Å². The molecule has 1 fully saturated rings. The molecule has 0 saturated carbocycles. The van der Waals surface area contributed by atoms with Gasteiger partial charge in [-0.3, -0.25) is 9.69 Å². The highest BCUT2D eigenvalue weighted by atomic mass is 16.2. The highest BCUT2D eigenvalue weighted by Gasteiger charge is 2.18. The lowest BCUT2D eigenvalue weighted by atomic mass is 10.2. The van der Waals surface area contributed by atoms with E-state index in [4.69, 9.17) is 0 Å². The van der Waals surface area contributed by atoms with Gasteiger partial charge in [-0.15, -0.1) is 0 Å². The molecular weight excluding hydrogens is 360 g/mol. The lowest BCUT2D eigenvalue weighted by molar-refractivity contribution is 0.0787. The summed E-state index contributed by atoms with van der Waals surface area (Å²) >= 11 is 0. The molecule has 5 nitrogen and oxygen atoms in total. The first-order valence-electron chi connectivity index (χ1n) is 10.6. The minimum atomic E-state index is 0.0000209. The number of benzene rings is 1. The number of aromatic nitrogens is 1. The Morgan fingerprint density at radius 1 is 1.10 bits per heavy atom. The van der Waals surface area contributed by atoms with Crippen molar-refractivity contribution in [1.82, 2.24) is 14.8 Å². The number of pyridine rings is 1. The van der Waals surface area contributed by atoms with Gasteiger partial charge < -0.3 is 9.80 Å². The van der Waals surface area contributed by atoms with Crippen LogP contribution >= 0.6 is 0 Å². The van der Waals surface area contributed by atoms with E-state index in [-0.39, 0.29) is 5.91 Å². The van der Waals surface area contributed by atoms with Crippen molar-refractivity contribution in [3.05, 3.63) is 66.0 Å². The highest BCUT2D eigenvalue weighted by Crippen LogP contribution is 2.16. The number of carbonyl (C=O) groups excluding carboxylic acids is 1. The molecule has 0 N–H and O–H groups in total. The third-order valence-electron chi connectivity index (χ3n) is 5.37. The van der Waals surface area contributed by atoms with Crippen LogP contribution in [0.4, 0.5) is 5.69 Å². The summed E-state index contributed by atoms with van der Waals surface area (Å²) in [4.78, 5) is 23.4. The molecule has 0 unspecified atom stereocenters. The van der Waals surface area contributed by atoms with Gasteiger partial charge in [0.1, 0.15) is 5.69 Å². The van der Waals surface area contributed by atoms with E-state index >= 15 is 0 Å². The summed E-state index contributed by atoms with van der Waals surface area (Å²) in [5, 5.41) is 0. The van der Waals surface area contributed by atoms with Gasteiger partial charge in [0.15, 0.2) is 0 Å². The van der Waals surface area contributed by atoms with Gasteiger partial charge in [-0.1, -0.05) is 55.8 Å². The molecular formula is C24H32N4O. The van der Waals surface area contributed by atoms with Crippen LogP contribution in [0.3, 0.4) is 0 Å². The van der Waals surface area contributed by atoms with Gasteiger partial charge in [-0.05, 0) is 24.1 Å². The Morgan fingerprint density at radius 2 is 1.86 bits per heavy atom. The monoisotopic (exact) mass is 392 g/mol. The fourth-order valence-corrected chi connectivity index (χ4v) is 3.48. The van der Waals surface area contributed by atoms with Crippen LogP contribution in [0.2, 0.25) is 0 Å². The largest absolute Gasteiger partial charge is 0.368 e. The van der Waals surface area contributed by atoms with Gasteiger partial charge in [0.2, 0.25) is 0 Å². The third kappa shape index (κ3) is 6.16. The van der Waals surface area contributed by atoms with Crippen LogP contribution in [-0.2, 0) is 0 Å². The smallest absolute Gasteiger partial charge is 0.272 e. The van der Waals surface area contributed by atoms with E-state index in [1.807, 2.05) is 31.4 Å². The first kappa shape index (κ1) is 21.1. The lowest BCUT2D eigenvalue weighted by Crippen LogP contribution is -2.46. The van der Waals surface area contributed by atoms with E-state index in [1.54, 1.807) is 4.90 Å². The molecule has 0 aliphatic carbocycles. The Hall–Kier alpha value is -2.66. The van der Waals surface area contributed by atoms with Crippen LogP contribution in [0.25, 0.3) is 6.08 Å². The summed E-state index contributed by atoms with van der Waals surface area (Å²) in [5.74, 6) is 0.0000209. The molecule has 0 bridgehead atoms. The van der Waals surface area contributed by atoms with Crippen molar-refractivity contribution in [2.24, 2.45) is 0 Å². The molecule has 0 atom stereocenters. The minimum Gasteiger partial charge on any atom is -0.368 e. The van der Waals surface area contributed by atoms with E-state index in [0.717, 1.165) is 57.8 Å². The van der Waals surface area contributed by atoms with Crippen LogP contribution in [0, 0.1) is 0 Å². The van der Waals surface area contributed by atoms with Crippen LogP contribution < -0.4 is 4.90 Å². The zero-order valence-corrected chi connectivity index (χ0v) is 17.6. The number of carbonyl (C=O) groups is 1. The van der Waals surface area contributed by atoms with Gasteiger partial charge in [0.05, 0.1) is 11.9 Å². The molecule has 0 radical (unpaired) electrons. The van der Waals surface area contributed by atoms with Crippen molar-refractivity contribution in [2.45, 2.75) is 19.8 Å². The van der Waals surface area contributed by atoms with Crippen molar-refractivity contribution >= 4 is 17.7 Å². The molecule has 1 aliphatic heterocycles. The Morgan fingerprint density at radius 3 is 2.52 bits per heavy atom. The highest BCUT2D eigenvalue weighted by molar-refractivity contribution is 5.92. The molecule has 154 valence electrons. The van der Waals surface area contributed by atoms with Gasteiger partial charge in [-0.25, -0.2) is 4.98 Å². The normalized spacial score (nSPS) is 15.0. The summed E-state index contributed by atoms with van der Waals surface area (Å²) < 4.78 is 0. The molecule has 1 aromatic heterocycles. The predicted molar refractivity (Wildman–Crippen MR) is 120 cm³/mol. The summed E-state index contributed by atoms with van der Waals surface area (Å²) in [6.07, 6.45) is 8.36. The van der Waals surface area contributed by atoms with Crippen LogP contribution in [-0.4, -0.2) is 67.0 Å². The number of hydrogen-bond donors (Lipinski definition) is 0. The number of unbranched alkanes of at least 4 members (excludes halogenated alkanes) is 1.